The maximum absolute atomic E-state index is 4.47. The van der Waals surface area contributed by atoms with Crippen LogP contribution in [0.5, 0.6) is 0 Å². The Balaban J connectivity index is 2.52. The van der Waals surface area contributed by atoms with E-state index in [1.807, 2.05) is 11.8 Å². The van der Waals surface area contributed by atoms with E-state index in [2.05, 4.69) is 25.8 Å². The molecule has 1 heterocycles. The lowest BCUT2D eigenvalue weighted by molar-refractivity contribution is 0.880. The van der Waals surface area contributed by atoms with E-state index in [-0.39, 0.29) is 0 Å². The average molecular weight is 143 g/mol. The topological polar surface area (TPSA) is 12.4 Å². The van der Waals surface area contributed by atoms with E-state index in [1.54, 1.807) is 0 Å². The van der Waals surface area contributed by atoms with Crippen LogP contribution in [0.3, 0.4) is 0 Å². The highest BCUT2D eigenvalue weighted by Gasteiger charge is 2.19. The molecule has 0 spiro atoms. The summed E-state index contributed by atoms with van der Waals surface area (Å²) >= 11 is 1.97. The molecule has 0 aromatic heterocycles. The number of rotatable bonds is 1. The third-order valence-electron chi connectivity index (χ3n) is 1.65. The zero-order chi connectivity index (χ0) is 6.85. The molecule has 2 atom stereocenters. The van der Waals surface area contributed by atoms with Gasteiger partial charge in [-0.25, -0.2) is 0 Å². The maximum Gasteiger partial charge on any atom is 0.0954 e. The molecule has 0 N–H and O–H groups in total. The fourth-order valence-corrected chi connectivity index (χ4v) is 2.03. The molecule has 0 bridgehead atoms. The summed E-state index contributed by atoms with van der Waals surface area (Å²) in [5.74, 6) is 0. The van der Waals surface area contributed by atoms with Gasteiger partial charge in [0.2, 0.25) is 0 Å². The predicted octanol–water partition coefficient (Wildman–Crippen LogP) is 2.32. The van der Waals surface area contributed by atoms with Gasteiger partial charge in [-0.2, -0.15) is 0 Å². The van der Waals surface area contributed by atoms with Crippen LogP contribution in [0.15, 0.2) is 4.99 Å². The Bertz CT molecular complexity index is 131. The summed E-state index contributed by atoms with van der Waals surface area (Å²) in [7, 11) is 0. The standard InChI is InChI=1S/C7H13NS/c1-4-7-8-5(2)6(3)9-7/h6-7H,4H2,1-3H3. The number of aliphatic imine (C=N–C) groups is 1. The first kappa shape index (κ1) is 7.13. The number of hydrogen-bond acceptors (Lipinski definition) is 2. The Labute approximate surface area is 60.9 Å². The van der Waals surface area contributed by atoms with Gasteiger partial charge in [-0.3, -0.25) is 4.99 Å². The van der Waals surface area contributed by atoms with Crippen molar-refractivity contribution in [2.45, 2.75) is 37.8 Å². The molecule has 1 rings (SSSR count). The molecule has 2 heteroatoms. The van der Waals surface area contributed by atoms with Gasteiger partial charge in [0.15, 0.2) is 0 Å². The molecular weight excluding hydrogens is 130 g/mol. The molecule has 1 nitrogen and oxygen atoms in total. The minimum atomic E-state index is 0.556. The van der Waals surface area contributed by atoms with Gasteiger partial charge in [-0.05, 0) is 20.3 Å². The minimum absolute atomic E-state index is 0.556. The summed E-state index contributed by atoms with van der Waals surface area (Å²) in [6, 6.07) is 0. The third kappa shape index (κ3) is 1.48. The summed E-state index contributed by atoms with van der Waals surface area (Å²) < 4.78 is 0. The van der Waals surface area contributed by atoms with Gasteiger partial charge in [0.1, 0.15) is 0 Å². The van der Waals surface area contributed by atoms with Crippen molar-refractivity contribution in [1.82, 2.24) is 0 Å². The molecule has 1 aliphatic rings. The summed E-state index contributed by atoms with van der Waals surface area (Å²) in [5.41, 5.74) is 1.31. The van der Waals surface area contributed by atoms with E-state index >= 15 is 0 Å². The largest absolute Gasteiger partial charge is 0.279 e. The lowest BCUT2D eigenvalue weighted by Gasteiger charge is -2.01. The molecule has 2 unspecified atom stereocenters. The monoisotopic (exact) mass is 143 g/mol. The molecule has 9 heavy (non-hydrogen) atoms. The van der Waals surface area contributed by atoms with Gasteiger partial charge >= 0.3 is 0 Å². The molecule has 0 aliphatic carbocycles. The Morgan fingerprint density at radius 1 is 1.67 bits per heavy atom. The van der Waals surface area contributed by atoms with Crippen molar-refractivity contribution in [2.24, 2.45) is 4.99 Å². The van der Waals surface area contributed by atoms with Crippen LogP contribution in [0, 0.1) is 0 Å². The Morgan fingerprint density at radius 2 is 2.33 bits per heavy atom. The van der Waals surface area contributed by atoms with Gasteiger partial charge in [-0.1, -0.05) is 6.92 Å². The van der Waals surface area contributed by atoms with E-state index in [0.717, 1.165) is 0 Å². The fourth-order valence-electron chi connectivity index (χ4n) is 0.884. The van der Waals surface area contributed by atoms with Crippen LogP contribution in [0.2, 0.25) is 0 Å². The third-order valence-corrected chi connectivity index (χ3v) is 3.15. The lowest BCUT2D eigenvalue weighted by Crippen LogP contribution is -2.01. The Morgan fingerprint density at radius 3 is 2.56 bits per heavy atom. The molecule has 0 amide bonds. The van der Waals surface area contributed by atoms with Crippen LogP contribution < -0.4 is 0 Å². The van der Waals surface area contributed by atoms with Gasteiger partial charge in [0, 0.05) is 11.0 Å². The normalized spacial score (nSPS) is 34.8. The smallest absolute Gasteiger partial charge is 0.0954 e. The Hall–Kier alpha value is 0.0200. The number of hydrogen-bond donors (Lipinski definition) is 0. The Kier molecular flexibility index (Phi) is 2.17. The van der Waals surface area contributed by atoms with Crippen molar-refractivity contribution in [3.05, 3.63) is 0 Å². The van der Waals surface area contributed by atoms with Crippen LogP contribution in [0.25, 0.3) is 0 Å². The zero-order valence-electron chi connectivity index (χ0n) is 6.22. The van der Waals surface area contributed by atoms with Gasteiger partial charge in [-0.15, -0.1) is 11.8 Å². The van der Waals surface area contributed by atoms with E-state index in [1.165, 1.54) is 12.1 Å². The zero-order valence-corrected chi connectivity index (χ0v) is 7.03. The first-order chi connectivity index (χ1) is 4.24. The van der Waals surface area contributed by atoms with Crippen LogP contribution in [0.4, 0.5) is 0 Å². The summed E-state index contributed by atoms with van der Waals surface area (Å²) in [6.07, 6.45) is 1.17. The molecule has 0 aromatic rings. The molecule has 0 saturated heterocycles. The lowest BCUT2D eigenvalue weighted by atomic mass is 10.3. The SMILES string of the molecule is CCC1N=C(C)C(C)S1. The fraction of sp³-hybridized carbons (Fsp3) is 0.857. The minimum Gasteiger partial charge on any atom is -0.279 e. The molecule has 0 radical (unpaired) electrons. The molecule has 0 aromatic carbocycles. The highest BCUT2D eigenvalue weighted by Crippen LogP contribution is 2.28. The molecule has 0 saturated carbocycles. The van der Waals surface area contributed by atoms with Crippen molar-refractivity contribution in [1.29, 1.82) is 0 Å². The molecular formula is C7H13NS. The van der Waals surface area contributed by atoms with Crippen LogP contribution >= 0.6 is 11.8 Å². The first-order valence-electron chi connectivity index (χ1n) is 3.43. The second kappa shape index (κ2) is 2.74. The van der Waals surface area contributed by atoms with E-state index in [0.29, 0.717) is 10.6 Å². The van der Waals surface area contributed by atoms with Gasteiger partial charge in [0.05, 0.1) is 5.37 Å². The number of thioether (sulfide) groups is 1. The van der Waals surface area contributed by atoms with Crippen LogP contribution in [-0.4, -0.2) is 16.3 Å². The average Bonchev–Trinajstić information content (AvgIpc) is 2.13. The van der Waals surface area contributed by atoms with Gasteiger partial charge in [0.25, 0.3) is 0 Å². The number of nitrogens with zero attached hydrogens (tertiary/aromatic N) is 1. The van der Waals surface area contributed by atoms with E-state index < -0.39 is 0 Å². The van der Waals surface area contributed by atoms with Crippen molar-refractivity contribution >= 4 is 17.5 Å². The van der Waals surface area contributed by atoms with Crippen molar-refractivity contribution in [3.8, 4) is 0 Å². The summed E-state index contributed by atoms with van der Waals surface area (Å²) in [5, 5.41) is 1.22. The molecule has 1 aliphatic heterocycles. The van der Waals surface area contributed by atoms with Crippen molar-refractivity contribution in [2.75, 3.05) is 0 Å². The predicted molar refractivity (Wildman–Crippen MR) is 44.2 cm³/mol. The van der Waals surface area contributed by atoms with Crippen LogP contribution in [0.1, 0.15) is 27.2 Å². The quantitative estimate of drug-likeness (QED) is 0.548. The molecule has 0 fully saturated rings. The maximum atomic E-state index is 4.47. The van der Waals surface area contributed by atoms with Gasteiger partial charge < -0.3 is 0 Å². The second-order valence-corrected chi connectivity index (χ2v) is 3.94. The second-order valence-electron chi connectivity index (χ2n) is 2.41. The van der Waals surface area contributed by atoms with Crippen LogP contribution in [-0.2, 0) is 0 Å². The highest BCUT2D eigenvalue weighted by atomic mass is 32.2. The van der Waals surface area contributed by atoms with E-state index in [4.69, 9.17) is 0 Å². The first-order valence-corrected chi connectivity index (χ1v) is 4.38. The van der Waals surface area contributed by atoms with Crippen molar-refractivity contribution < 1.29 is 0 Å². The van der Waals surface area contributed by atoms with Crippen molar-refractivity contribution in [3.63, 3.8) is 0 Å². The summed E-state index contributed by atoms with van der Waals surface area (Å²) in [6.45, 7) is 6.53. The van der Waals surface area contributed by atoms with E-state index in [9.17, 15) is 0 Å². The molecule has 52 valence electrons. The highest BCUT2D eigenvalue weighted by molar-refractivity contribution is 8.01. The summed E-state index contributed by atoms with van der Waals surface area (Å²) in [4.78, 5) is 4.47.